The van der Waals surface area contributed by atoms with Crippen LogP contribution in [-0.2, 0) is 19.2 Å². The number of rotatable bonds is 8. The molecule has 3 fully saturated rings. The fourth-order valence-electron chi connectivity index (χ4n) is 4.95. The van der Waals surface area contributed by atoms with Gasteiger partial charge >= 0.3 is 0 Å². The Hall–Kier alpha value is -3.00. The monoisotopic (exact) mass is 532 g/mol. The summed E-state index contributed by atoms with van der Waals surface area (Å²) in [5, 5.41) is 25.1. The van der Waals surface area contributed by atoms with Crippen molar-refractivity contribution in [1.29, 1.82) is 0 Å². The lowest BCUT2D eigenvalue weighted by molar-refractivity contribution is -0.131. The quantitative estimate of drug-likeness (QED) is 0.524. The number of likely N-dealkylation sites (tertiary alicyclic amines) is 2. The number of carbonyl (C=O) groups excluding carboxylic acids is 4. The average molecular weight is 533 g/mol. The summed E-state index contributed by atoms with van der Waals surface area (Å²) in [6.45, 7) is 1.32. The van der Waals surface area contributed by atoms with E-state index in [2.05, 4.69) is 31.0 Å². The number of aromatic nitrogens is 4. The van der Waals surface area contributed by atoms with Crippen molar-refractivity contribution in [2.45, 2.75) is 63.2 Å². The lowest BCUT2D eigenvalue weighted by atomic mass is 9.82. The van der Waals surface area contributed by atoms with Gasteiger partial charge in [-0.15, -0.1) is 20.4 Å². The standard InChI is InChI=1S/C22H28N8O4S2/c31-15(11-29-8-2-6-17(29)33)23-21-27-25-19(35-21)13-4-1-5-14(10-13)20-26-28-22(36-20)24-16(32)12-30-9-3-7-18(30)34/h13-14H,1-12H2,(H,23,27,31)(H,24,28,32)/t13-,14?/m0/s1. The fraction of sp³-hybridized carbons (Fsp3) is 0.636. The van der Waals surface area contributed by atoms with Crippen molar-refractivity contribution in [3.05, 3.63) is 10.0 Å². The van der Waals surface area contributed by atoms with E-state index in [4.69, 9.17) is 0 Å². The number of hydrogen-bond donors (Lipinski definition) is 2. The molecule has 2 aromatic rings. The van der Waals surface area contributed by atoms with Crippen molar-refractivity contribution in [2.75, 3.05) is 36.8 Å². The van der Waals surface area contributed by atoms with Crippen LogP contribution in [0.15, 0.2) is 0 Å². The maximum Gasteiger partial charge on any atom is 0.245 e. The highest BCUT2D eigenvalue weighted by Gasteiger charge is 2.30. The average Bonchev–Trinajstić information content (AvgIpc) is 3.66. The molecule has 2 aliphatic heterocycles. The van der Waals surface area contributed by atoms with Crippen molar-refractivity contribution in [1.82, 2.24) is 30.2 Å². The summed E-state index contributed by atoms with van der Waals surface area (Å²) in [4.78, 5) is 51.2. The van der Waals surface area contributed by atoms with Gasteiger partial charge in [0.2, 0.25) is 33.9 Å². The predicted octanol–water partition coefficient (Wildman–Crippen LogP) is 1.95. The van der Waals surface area contributed by atoms with Crippen LogP contribution in [0, 0.1) is 0 Å². The van der Waals surface area contributed by atoms with Gasteiger partial charge in [-0.3, -0.25) is 29.8 Å². The van der Waals surface area contributed by atoms with E-state index in [0.717, 1.165) is 48.5 Å². The first-order valence-corrected chi connectivity index (χ1v) is 13.9. The molecule has 0 aromatic carbocycles. The molecule has 0 spiro atoms. The maximum atomic E-state index is 12.3. The molecule has 4 heterocycles. The Kier molecular flexibility index (Phi) is 7.51. The first kappa shape index (κ1) is 24.7. The molecule has 1 unspecified atom stereocenters. The molecule has 2 atom stereocenters. The van der Waals surface area contributed by atoms with Crippen molar-refractivity contribution in [3.63, 3.8) is 0 Å². The van der Waals surface area contributed by atoms with Gasteiger partial charge < -0.3 is 9.80 Å². The minimum absolute atomic E-state index is 0.0115. The first-order chi connectivity index (χ1) is 17.4. The van der Waals surface area contributed by atoms with Gasteiger partial charge in [0.1, 0.15) is 10.0 Å². The van der Waals surface area contributed by atoms with E-state index in [1.165, 1.54) is 22.7 Å². The van der Waals surface area contributed by atoms with Crippen molar-refractivity contribution < 1.29 is 19.2 Å². The second-order valence-corrected chi connectivity index (χ2v) is 11.4. The van der Waals surface area contributed by atoms with E-state index in [-0.39, 0.29) is 48.6 Å². The van der Waals surface area contributed by atoms with Crippen molar-refractivity contribution in [3.8, 4) is 0 Å². The van der Waals surface area contributed by atoms with Crippen LogP contribution in [0.4, 0.5) is 10.3 Å². The second kappa shape index (κ2) is 10.9. The summed E-state index contributed by atoms with van der Waals surface area (Å²) in [5.41, 5.74) is 0. The number of hydrogen-bond acceptors (Lipinski definition) is 10. The van der Waals surface area contributed by atoms with Gasteiger partial charge in [0.05, 0.1) is 13.1 Å². The number of anilines is 2. The molecule has 5 rings (SSSR count). The summed E-state index contributed by atoms with van der Waals surface area (Å²) in [7, 11) is 0. The number of nitrogens with one attached hydrogen (secondary N) is 2. The third kappa shape index (κ3) is 5.86. The highest BCUT2D eigenvalue weighted by atomic mass is 32.1. The third-order valence-electron chi connectivity index (χ3n) is 6.76. The van der Waals surface area contributed by atoms with Gasteiger partial charge in [-0.1, -0.05) is 29.1 Å². The van der Waals surface area contributed by atoms with Crippen LogP contribution in [0.5, 0.6) is 0 Å². The van der Waals surface area contributed by atoms with Crippen molar-refractivity contribution >= 4 is 56.6 Å². The van der Waals surface area contributed by atoms with Gasteiger partial charge in [0.15, 0.2) is 0 Å². The van der Waals surface area contributed by atoms with Crippen LogP contribution < -0.4 is 10.6 Å². The van der Waals surface area contributed by atoms with Crippen molar-refractivity contribution in [2.24, 2.45) is 0 Å². The Labute approximate surface area is 215 Å². The topological polar surface area (TPSA) is 150 Å². The van der Waals surface area contributed by atoms with Gasteiger partial charge in [0.25, 0.3) is 0 Å². The van der Waals surface area contributed by atoms with E-state index < -0.39 is 0 Å². The molecule has 3 aliphatic rings. The highest BCUT2D eigenvalue weighted by molar-refractivity contribution is 7.15. The van der Waals surface area contributed by atoms with E-state index in [1.807, 2.05) is 0 Å². The van der Waals surface area contributed by atoms with E-state index in [9.17, 15) is 19.2 Å². The summed E-state index contributed by atoms with van der Waals surface area (Å²) in [6, 6.07) is 0. The number of carbonyl (C=O) groups is 4. The molecular weight excluding hydrogens is 504 g/mol. The summed E-state index contributed by atoms with van der Waals surface area (Å²) < 4.78 is 0. The van der Waals surface area contributed by atoms with E-state index >= 15 is 0 Å². The molecule has 0 bridgehead atoms. The number of nitrogens with zero attached hydrogens (tertiary/aromatic N) is 6. The van der Waals surface area contributed by atoms with E-state index in [1.54, 1.807) is 9.80 Å². The zero-order valence-electron chi connectivity index (χ0n) is 19.8. The second-order valence-electron chi connectivity index (χ2n) is 9.39. The molecule has 2 N–H and O–H groups in total. The lowest BCUT2D eigenvalue weighted by Crippen LogP contribution is -2.33. The number of amides is 4. The van der Waals surface area contributed by atoms with Crippen LogP contribution in [-0.4, -0.2) is 80.0 Å². The van der Waals surface area contributed by atoms with Crippen LogP contribution in [0.2, 0.25) is 0 Å². The van der Waals surface area contributed by atoms with Gasteiger partial charge in [-0.25, -0.2) is 0 Å². The molecule has 0 radical (unpaired) electrons. The SMILES string of the molecule is O=C(CN1CCCC1=O)Nc1nnc(C2CCC[C@H](c3nnc(NC(=O)CN4CCCC4=O)s3)C2)s1. The van der Waals surface area contributed by atoms with Gasteiger partial charge in [-0.05, 0) is 32.1 Å². The minimum Gasteiger partial charge on any atom is -0.333 e. The van der Waals surface area contributed by atoms with E-state index in [0.29, 0.717) is 36.2 Å². The molecular formula is C22H28N8O4S2. The molecule has 14 heteroatoms. The fourth-order valence-corrected chi connectivity index (χ4v) is 6.76. The van der Waals surface area contributed by atoms with Gasteiger partial charge in [0, 0.05) is 37.8 Å². The Bertz CT molecular complexity index is 1060. The molecule has 1 aliphatic carbocycles. The molecule has 36 heavy (non-hydrogen) atoms. The summed E-state index contributed by atoms with van der Waals surface area (Å²) in [6.07, 6.45) is 6.39. The normalized spacial score (nSPS) is 22.3. The Morgan fingerprint density at radius 3 is 1.64 bits per heavy atom. The first-order valence-electron chi connectivity index (χ1n) is 12.3. The highest BCUT2D eigenvalue weighted by Crippen LogP contribution is 2.43. The van der Waals surface area contributed by atoms with Gasteiger partial charge in [-0.2, -0.15) is 0 Å². The maximum absolute atomic E-state index is 12.3. The molecule has 12 nitrogen and oxygen atoms in total. The van der Waals surface area contributed by atoms with Crippen LogP contribution in [0.25, 0.3) is 0 Å². The third-order valence-corrected chi connectivity index (χ3v) is 8.76. The Morgan fingerprint density at radius 1 is 0.750 bits per heavy atom. The molecule has 1 saturated carbocycles. The molecule has 4 amide bonds. The smallest absolute Gasteiger partial charge is 0.245 e. The summed E-state index contributed by atoms with van der Waals surface area (Å²) >= 11 is 2.75. The van der Waals surface area contributed by atoms with Crippen LogP contribution in [0.3, 0.4) is 0 Å². The molecule has 2 saturated heterocycles. The molecule has 2 aromatic heterocycles. The van der Waals surface area contributed by atoms with Crippen LogP contribution in [0.1, 0.15) is 73.2 Å². The lowest BCUT2D eigenvalue weighted by Gasteiger charge is -2.25. The summed E-state index contributed by atoms with van der Waals surface area (Å²) in [5.74, 6) is -0.0840. The minimum atomic E-state index is -0.257. The zero-order chi connectivity index (χ0) is 25.1. The molecule has 192 valence electrons. The zero-order valence-corrected chi connectivity index (χ0v) is 21.4. The predicted molar refractivity (Wildman–Crippen MR) is 133 cm³/mol. The van der Waals surface area contributed by atoms with Crippen LogP contribution >= 0.6 is 22.7 Å². The largest absolute Gasteiger partial charge is 0.333 e. The Balaban J connectivity index is 1.13. The Morgan fingerprint density at radius 2 is 1.22 bits per heavy atom.